The third kappa shape index (κ3) is 3.26. The molecule has 0 unspecified atom stereocenters. The highest BCUT2D eigenvalue weighted by Gasteiger charge is 2.40. The molecule has 0 atom stereocenters. The lowest BCUT2D eigenvalue weighted by atomic mass is 9.83. The summed E-state index contributed by atoms with van der Waals surface area (Å²) in [6.45, 7) is 5.22. The summed E-state index contributed by atoms with van der Waals surface area (Å²) in [6, 6.07) is 2.07. The van der Waals surface area contributed by atoms with Gasteiger partial charge in [-0.25, -0.2) is 9.50 Å². The van der Waals surface area contributed by atoms with Gasteiger partial charge in [0.05, 0.1) is 29.0 Å². The van der Waals surface area contributed by atoms with Crippen LogP contribution in [-0.4, -0.2) is 46.7 Å². The summed E-state index contributed by atoms with van der Waals surface area (Å²) in [6.07, 6.45) is 5.49. The summed E-state index contributed by atoms with van der Waals surface area (Å²) >= 11 is 3.20. The molecule has 0 aromatic carbocycles. The van der Waals surface area contributed by atoms with Crippen LogP contribution in [0, 0.1) is 6.92 Å². The highest BCUT2D eigenvalue weighted by atomic mass is 32.1. The topological polar surface area (TPSA) is 80.5 Å². The van der Waals surface area contributed by atoms with Crippen LogP contribution in [0.3, 0.4) is 0 Å². The number of aromatic nitrogens is 3. The van der Waals surface area contributed by atoms with Gasteiger partial charge in [0, 0.05) is 24.3 Å². The van der Waals surface area contributed by atoms with Gasteiger partial charge in [0.25, 0.3) is 5.91 Å². The standard InChI is InChI=1S/C19H23N5O2S2/c1-12-23-24-11-13(22-18(24)27-12)2-6-21-17(25)16-10-14-15(28-16)3-9-26-19(14)4-7-20-8-5-19/h10-11,20H,2-9H2,1H3,(H,21,25). The first-order valence-electron chi connectivity index (χ1n) is 9.71. The number of carbonyl (C=O) groups excluding carboxylic acids is 1. The summed E-state index contributed by atoms with van der Waals surface area (Å²) in [5.74, 6) is -0.00141. The molecule has 2 N–H and O–H groups in total. The highest BCUT2D eigenvalue weighted by Crippen LogP contribution is 2.43. The smallest absolute Gasteiger partial charge is 0.261 e. The number of nitrogens with one attached hydrogen (secondary N) is 2. The fourth-order valence-corrected chi connectivity index (χ4v) is 6.02. The van der Waals surface area contributed by atoms with Crippen molar-refractivity contribution in [2.45, 2.75) is 38.2 Å². The van der Waals surface area contributed by atoms with Crippen molar-refractivity contribution >= 4 is 33.5 Å². The van der Waals surface area contributed by atoms with E-state index in [1.807, 2.05) is 17.6 Å². The molecule has 0 saturated carbocycles. The number of piperidine rings is 1. The average molecular weight is 418 g/mol. The molecule has 2 aliphatic rings. The second-order valence-corrected chi connectivity index (χ2v) is 9.67. The highest BCUT2D eigenvalue weighted by molar-refractivity contribution is 7.16. The number of nitrogens with zero attached hydrogens (tertiary/aromatic N) is 3. The van der Waals surface area contributed by atoms with Gasteiger partial charge in [0.1, 0.15) is 5.01 Å². The fraction of sp³-hybridized carbons (Fsp3) is 0.526. The van der Waals surface area contributed by atoms with Crippen LogP contribution in [0.25, 0.3) is 4.96 Å². The number of hydrogen-bond donors (Lipinski definition) is 2. The second kappa shape index (κ2) is 7.22. The van der Waals surface area contributed by atoms with Gasteiger partial charge >= 0.3 is 0 Å². The van der Waals surface area contributed by atoms with Gasteiger partial charge in [-0.1, -0.05) is 11.3 Å². The van der Waals surface area contributed by atoms with Gasteiger partial charge in [0.15, 0.2) is 0 Å². The molecule has 28 heavy (non-hydrogen) atoms. The largest absolute Gasteiger partial charge is 0.370 e. The number of aryl methyl sites for hydroxylation is 1. The van der Waals surface area contributed by atoms with E-state index in [9.17, 15) is 4.79 Å². The van der Waals surface area contributed by atoms with Gasteiger partial charge < -0.3 is 15.4 Å². The minimum Gasteiger partial charge on any atom is -0.370 e. The number of thiophene rings is 1. The van der Waals surface area contributed by atoms with Gasteiger partial charge in [-0.05, 0) is 44.5 Å². The molecule has 0 bridgehead atoms. The number of carbonyl (C=O) groups is 1. The molecule has 7 nitrogen and oxygen atoms in total. The second-order valence-electron chi connectivity index (χ2n) is 7.38. The Labute approximate surface area is 171 Å². The van der Waals surface area contributed by atoms with Gasteiger partial charge in [-0.2, -0.15) is 5.10 Å². The van der Waals surface area contributed by atoms with Crippen LogP contribution in [-0.2, 0) is 23.2 Å². The first kappa shape index (κ1) is 18.2. The minimum absolute atomic E-state index is 0.00141. The van der Waals surface area contributed by atoms with E-state index in [0.717, 1.165) is 59.5 Å². The van der Waals surface area contributed by atoms with Crippen molar-refractivity contribution in [3.8, 4) is 0 Å². The van der Waals surface area contributed by atoms with Crippen molar-refractivity contribution in [2.24, 2.45) is 0 Å². The number of amides is 1. The lowest BCUT2D eigenvalue weighted by molar-refractivity contribution is -0.0792. The zero-order chi connectivity index (χ0) is 19.1. The Morgan fingerprint density at radius 2 is 2.25 bits per heavy atom. The molecule has 5 heterocycles. The fourth-order valence-electron chi connectivity index (χ4n) is 4.13. The van der Waals surface area contributed by atoms with E-state index in [2.05, 4.69) is 26.8 Å². The first-order valence-corrected chi connectivity index (χ1v) is 11.3. The van der Waals surface area contributed by atoms with Crippen LogP contribution in [0.2, 0.25) is 0 Å². The molecule has 2 aliphatic heterocycles. The number of fused-ring (bicyclic) bond motifs is 3. The van der Waals surface area contributed by atoms with Crippen molar-refractivity contribution in [3.63, 3.8) is 0 Å². The number of rotatable bonds is 4. The molecule has 1 spiro atoms. The van der Waals surface area contributed by atoms with E-state index in [4.69, 9.17) is 4.74 Å². The van der Waals surface area contributed by atoms with Crippen molar-refractivity contribution in [2.75, 3.05) is 26.2 Å². The van der Waals surface area contributed by atoms with Crippen molar-refractivity contribution < 1.29 is 9.53 Å². The Balaban J connectivity index is 1.25. The van der Waals surface area contributed by atoms with Crippen molar-refractivity contribution in [1.82, 2.24) is 25.2 Å². The Hall–Kier alpha value is -1.81. The monoisotopic (exact) mass is 417 g/mol. The molecule has 3 aromatic heterocycles. The quantitative estimate of drug-likeness (QED) is 0.681. The van der Waals surface area contributed by atoms with E-state index in [-0.39, 0.29) is 11.5 Å². The van der Waals surface area contributed by atoms with E-state index < -0.39 is 0 Å². The molecule has 148 valence electrons. The Kier molecular flexibility index (Phi) is 4.70. The van der Waals surface area contributed by atoms with E-state index >= 15 is 0 Å². The zero-order valence-corrected chi connectivity index (χ0v) is 17.4. The maximum atomic E-state index is 12.7. The summed E-state index contributed by atoms with van der Waals surface area (Å²) in [5.41, 5.74) is 2.00. The van der Waals surface area contributed by atoms with Crippen LogP contribution < -0.4 is 10.6 Å². The molecule has 9 heteroatoms. The SMILES string of the molecule is Cc1nn2cc(CCNC(=O)c3cc4c(s3)CCOC43CCNCC3)nc2s1. The van der Waals surface area contributed by atoms with Crippen molar-refractivity contribution in [1.29, 1.82) is 0 Å². The van der Waals surface area contributed by atoms with Crippen LogP contribution in [0.15, 0.2) is 12.3 Å². The lowest BCUT2D eigenvalue weighted by Crippen LogP contribution is -2.44. The van der Waals surface area contributed by atoms with Crippen LogP contribution >= 0.6 is 22.7 Å². The third-order valence-corrected chi connectivity index (χ3v) is 7.53. The first-order chi connectivity index (χ1) is 13.6. The van der Waals surface area contributed by atoms with Crippen LogP contribution in [0.1, 0.15) is 43.7 Å². The summed E-state index contributed by atoms with van der Waals surface area (Å²) in [7, 11) is 0. The van der Waals surface area contributed by atoms with Gasteiger partial charge in [-0.15, -0.1) is 11.3 Å². The van der Waals surface area contributed by atoms with Crippen LogP contribution in [0.4, 0.5) is 0 Å². The molecule has 1 saturated heterocycles. The van der Waals surface area contributed by atoms with Gasteiger partial charge in [0.2, 0.25) is 4.96 Å². The maximum absolute atomic E-state index is 12.7. The summed E-state index contributed by atoms with van der Waals surface area (Å²) in [5, 5.41) is 11.8. The molecule has 1 amide bonds. The Bertz CT molecular complexity index is 984. The maximum Gasteiger partial charge on any atom is 0.261 e. The van der Waals surface area contributed by atoms with E-state index in [0.29, 0.717) is 13.0 Å². The summed E-state index contributed by atoms with van der Waals surface area (Å²) < 4.78 is 8.02. The van der Waals surface area contributed by atoms with Gasteiger partial charge in [-0.3, -0.25) is 4.79 Å². The van der Waals surface area contributed by atoms with Crippen LogP contribution in [0.5, 0.6) is 0 Å². The Morgan fingerprint density at radius 3 is 3.07 bits per heavy atom. The number of ether oxygens (including phenoxy) is 1. The lowest BCUT2D eigenvalue weighted by Gasteiger charge is -2.40. The minimum atomic E-state index is -0.193. The average Bonchev–Trinajstić information content (AvgIpc) is 3.36. The predicted octanol–water partition coefficient (Wildman–Crippen LogP) is 2.28. The predicted molar refractivity (Wildman–Crippen MR) is 109 cm³/mol. The molecule has 1 fully saturated rings. The van der Waals surface area contributed by atoms with Crippen molar-refractivity contribution in [3.05, 3.63) is 38.3 Å². The molecule has 5 rings (SSSR count). The molecule has 3 aromatic rings. The van der Waals surface area contributed by atoms with E-state index in [1.165, 1.54) is 10.4 Å². The molecule has 0 radical (unpaired) electrons. The molecule has 0 aliphatic carbocycles. The number of hydrogen-bond acceptors (Lipinski definition) is 7. The molecular weight excluding hydrogens is 394 g/mol. The zero-order valence-electron chi connectivity index (χ0n) is 15.8. The summed E-state index contributed by atoms with van der Waals surface area (Å²) in [4.78, 5) is 20.3. The Morgan fingerprint density at radius 1 is 1.39 bits per heavy atom. The van der Waals surface area contributed by atoms with E-state index in [1.54, 1.807) is 22.7 Å². The number of imidazole rings is 1. The third-order valence-electron chi connectivity index (χ3n) is 5.50. The molecular formula is C19H23N5O2S2. The normalized spacial score (nSPS) is 18.5.